The van der Waals surface area contributed by atoms with Gasteiger partial charge in [0.05, 0.1) is 16.9 Å². The first-order valence-electron chi connectivity index (χ1n) is 5.99. The van der Waals surface area contributed by atoms with Gasteiger partial charge in [0.1, 0.15) is 0 Å². The summed E-state index contributed by atoms with van der Waals surface area (Å²) in [4.78, 5) is 0. The SMILES string of the molecule is CC(C)(C)S(=O)(=O)N1CC1C(O)c1ccccc1. The van der Waals surface area contributed by atoms with Gasteiger partial charge in [0.25, 0.3) is 0 Å². The van der Waals surface area contributed by atoms with Crippen LogP contribution in [0.4, 0.5) is 0 Å². The Morgan fingerprint density at radius 1 is 1.28 bits per heavy atom. The number of hydrogen-bond acceptors (Lipinski definition) is 3. The summed E-state index contributed by atoms with van der Waals surface area (Å²) in [6.45, 7) is 5.42. The van der Waals surface area contributed by atoms with E-state index >= 15 is 0 Å². The highest BCUT2D eigenvalue weighted by molar-refractivity contribution is 7.90. The monoisotopic (exact) mass is 269 g/mol. The molecule has 1 aliphatic rings. The Labute approximate surface area is 108 Å². The van der Waals surface area contributed by atoms with E-state index in [1.807, 2.05) is 30.3 Å². The summed E-state index contributed by atoms with van der Waals surface area (Å²) in [5, 5.41) is 10.2. The third kappa shape index (κ3) is 2.30. The molecule has 1 fully saturated rings. The van der Waals surface area contributed by atoms with Crippen LogP contribution in [0.15, 0.2) is 30.3 Å². The number of sulfonamides is 1. The minimum atomic E-state index is -3.33. The van der Waals surface area contributed by atoms with Crippen LogP contribution in [0.1, 0.15) is 32.4 Å². The predicted molar refractivity (Wildman–Crippen MR) is 70.6 cm³/mol. The van der Waals surface area contributed by atoms with Gasteiger partial charge in [0.15, 0.2) is 0 Å². The summed E-state index contributed by atoms with van der Waals surface area (Å²) in [5.41, 5.74) is 0.758. The van der Waals surface area contributed by atoms with Crippen LogP contribution in [0.3, 0.4) is 0 Å². The summed E-state index contributed by atoms with van der Waals surface area (Å²) in [7, 11) is -3.33. The summed E-state index contributed by atoms with van der Waals surface area (Å²) in [5.74, 6) is 0. The lowest BCUT2D eigenvalue weighted by Crippen LogP contribution is -2.35. The zero-order valence-electron chi connectivity index (χ0n) is 10.9. The molecule has 0 amide bonds. The molecule has 0 aromatic heterocycles. The normalized spacial score (nSPS) is 25.8. The molecule has 1 saturated heterocycles. The maximum absolute atomic E-state index is 12.2. The molecule has 4 nitrogen and oxygen atoms in total. The van der Waals surface area contributed by atoms with E-state index in [9.17, 15) is 13.5 Å². The average Bonchev–Trinajstić information content (AvgIpc) is 3.08. The third-order valence-electron chi connectivity index (χ3n) is 3.19. The molecule has 18 heavy (non-hydrogen) atoms. The van der Waals surface area contributed by atoms with E-state index < -0.39 is 20.9 Å². The summed E-state index contributed by atoms with van der Waals surface area (Å²) in [6, 6.07) is 8.84. The molecule has 1 heterocycles. The fourth-order valence-electron chi connectivity index (χ4n) is 1.90. The van der Waals surface area contributed by atoms with Crippen LogP contribution < -0.4 is 0 Å². The van der Waals surface area contributed by atoms with Crippen LogP contribution in [-0.4, -0.2) is 35.2 Å². The first kappa shape index (κ1) is 13.5. The lowest BCUT2D eigenvalue weighted by Gasteiger charge is -2.21. The van der Waals surface area contributed by atoms with Crippen LogP contribution in [0, 0.1) is 0 Å². The lowest BCUT2D eigenvalue weighted by atomic mass is 10.1. The smallest absolute Gasteiger partial charge is 0.219 e. The number of aliphatic hydroxyl groups excluding tert-OH is 1. The second-order valence-corrected chi connectivity index (χ2v) is 8.25. The predicted octanol–water partition coefficient (Wildman–Crippen LogP) is 1.53. The number of aliphatic hydroxyl groups is 1. The number of hydrogen-bond donors (Lipinski definition) is 1. The fraction of sp³-hybridized carbons (Fsp3) is 0.538. The van der Waals surface area contributed by atoms with Crippen molar-refractivity contribution < 1.29 is 13.5 Å². The second-order valence-electron chi connectivity index (χ2n) is 5.61. The molecule has 1 N–H and O–H groups in total. The largest absolute Gasteiger partial charge is 0.387 e. The van der Waals surface area contributed by atoms with Gasteiger partial charge in [-0.25, -0.2) is 8.42 Å². The molecular formula is C13H19NO3S. The molecule has 0 aliphatic carbocycles. The Morgan fingerprint density at radius 3 is 2.33 bits per heavy atom. The van der Waals surface area contributed by atoms with Gasteiger partial charge in [-0.05, 0) is 26.3 Å². The summed E-state index contributed by atoms with van der Waals surface area (Å²) >= 11 is 0. The third-order valence-corrected chi connectivity index (χ3v) is 5.78. The van der Waals surface area contributed by atoms with Gasteiger partial charge in [-0.2, -0.15) is 4.31 Å². The van der Waals surface area contributed by atoms with E-state index in [1.54, 1.807) is 20.8 Å². The van der Waals surface area contributed by atoms with E-state index in [0.29, 0.717) is 6.54 Å². The first-order chi connectivity index (χ1) is 8.25. The van der Waals surface area contributed by atoms with Crippen LogP contribution >= 0.6 is 0 Å². The van der Waals surface area contributed by atoms with E-state index in [1.165, 1.54) is 4.31 Å². The number of nitrogens with zero attached hydrogens (tertiary/aromatic N) is 1. The molecule has 100 valence electrons. The molecule has 1 aliphatic heterocycles. The van der Waals surface area contributed by atoms with Crippen molar-refractivity contribution in [3.8, 4) is 0 Å². The Hall–Kier alpha value is -0.910. The van der Waals surface area contributed by atoms with Gasteiger partial charge < -0.3 is 5.11 Å². The standard InChI is InChI=1S/C13H19NO3S/c1-13(2,3)18(16,17)14-9-11(14)12(15)10-7-5-4-6-8-10/h4-8,11-12,15H,9H2,1-3H3. The molecule has 0 spiro atoms. The highest BCUT2D eigenvalue weighted by atomic mass is 32.2. The maximum Gasteiger partial charge on any atom is 0.219 e. The highest BCUT2D eigenvalue weighted by Crippen LogP contribution is 2.37. The molecule has 0 saturated carbocycles. The molecule has 2 rings (SSSR count). The summed E-state index contributed by atoms with van der Waals surface area (Å²) < 4.78 is 24.9. The van der Waals surface area contributed by atoms with Gasteiger partial charge in [0.2, 0.25) is 10.0 Å². The van der Waals surface area contributed by atoms with E-state index in [-0.39, 0.29) is 6.04 Å². The van der Waals surface area contributed by atoms with Crippen LogP contribution in [0.2, 0.25) is 0 Å². The zero-order chi connectivity index (χ0) is 13.6. The van der Waals surface area contributed by atoms with Gasteiger partial charge in [-0.15, -0.1) is 0 Å². The second kappa shape index (κ2) is 4.33. The summed E-state index contributed by atoms with van der Waals surface area (Å²) in [6.07, 6.45) is -0.747. The quantitative estimate of drug-likeness (QED) is 0.847. The Balaban J connectivity index is 2.13. The topological polar surface area (TPSA) is 57.4 Å². The molecule has 1 aromatic carbocycles. The van der Waals surface area contributed by atoms with Crippen molar-refractivity contribution in [1.82, 2.24) is 4.31 Å². The van der Waals surface area contributed by atoms with Crippen molar-refractivity contribution in [2.24, 2.45) is 0 Å². The zero-order valence-corrected chi connectivity index (χ0v) is 11.7. The van der Waals surface area contributed by atoms with Crippen LogP contribution in [-0.2, 0) is 10.0 Å². The molecule has 1 aromatic rings. The van der Waals surface area contributed by atoms with Gasteiger partial charge in [-0.3, -0.25) is 0 Å². The van der Waals surface area contributed by atoms with Crippen molar-refractivity contribution in [1.29, 1.82) is 0 Å². The molecular weight excluding hydrogens is 250 g/mol. The van der Waals surface area contributed by atoms with Gasteiger partial charge in [0, 0.05) is 6.54 Å². The molecule has 3 unspecified atom stereocenters. The van der Waals surface area contributed by atoms with Gasteiger partial charge >= 0.3 is 0 Å². The Bertz CT molecular complexity index is 519. The first-order valence-corrected chi connectivity index (χ1v) is 7.43. The number of benzene rings is 1. The molecule has 0 radical (unpaired) electrons. The van der Waals surface area contributed by atoms with Crippen molar-refractivity contribution in [3.05, 3.63) is 35.9 Å². The van der Waals surface area contributed by atoms with E-state index in [4.69, 9.17) is 0 Å². The fourth-order valence-corrected chi connectivity index (χ4v) is 3.42. The minimum Gasteiger partial charge on any atom is -0.387 e. The average molecular weight is 269 g/mol. The molecule has 3 atom stereocenters. The van der Waals surface area contributed by atoms with Crippen LogP contribution in [0.25, 0.3) is 0 Å². The highest BCUT2D eigenvalue weighted by Gasteiger charge is 2.52. The van der Waals surface area contributed by atoms with Gasteiger partial charge in [-0.1, -0.05) is 30.3 Å². The van der Waals surface area contributed by atoms with Crippen molar-refractivity contribution in [3.63, 3.8) is 0 Å². The molecule has 5 heteroatoms. The Kier molecular flexibility index (Phi) is 3.25. The maximum atomic E-state index is 12.2. The van der Waals surface area contributed by atoms with Crippen LogP contribution in [0.5, 0.6) is 0 Å². The lowest BCUT2D eigenvalue weighted by molar-refractivity contribution is 0.167. The van der Waals surface area contributed by atoms with E-state index in [0.717, 1.165) is 5.56 Å². The van der Waals surface area contributed by atoms with Crippen molar-refractivity contribution in [2.75, 3.05) is 6.54 Å². The van der Waals surface area contributed by atoms with Crippen molar-refractivity contribution in [2.45, 2.75) is 37.7 Å². The number of rotatable bonds is 3. The molecule has 0 bridgehead atoms. The minimum absolute atomic E-state index is 0.323. The van der Waals surface area contributed by atoms with Crippen molar-refractivity contribution >= 4 is 10.0 Å². The Morgan fingerprint density at radius 2 is 1.83 bits per heavy atom. The van der Waals surface area contributed by atoms with E-state index in [2.05, 4.69) is 0 Å².